The van der Waals surface area contributed by atoms with Crippen LogP contribution in [0.5, 0.6) is 0 Å². The molecule has 7 heteroatoms. The van der Waals surface area contributed by atoms with Gasteiger partial charge in [-0.2, -0.15) is 13.2 Å². The summed E-state index contributed by atoms with van der Waals surface area (Å²) in [6.07, 6.45) is -5.00. The number of hydrogen-bond acceptors (Lipinski definition) is 2. The zero-order valence-corrected chi connectivity index (χ0v) is 15.8. The Labute approximate surface area is 165 Å². The van der Waals surface area contributed by atoms with Gasteiger partial charge >= 0.3 is 6.18 Å². The lowest BCUT2D eigenvalue weighted by atomic mass is 9.95. The van der Waals surface area contributed by atoms with Crippen LogP contribution >= 0.6 is 0 Å². The summed E-state index contributed by atoms with van der Waals surface area (Å²) in [5.74, 6) is -2.56. The molecule has 156 valence electrons. The second kappa shape index (κ2) is 9.05. The normalized spacial score (nSPS) is 20.7. The van der Waals surface area contributed by atoms with Crippen molar-refractivity contribution in [3.8, 4) is 11.1 Å². The monoisotopic (exact) mass is 412 g/mol. The number of allylic oxidation sites excluding steroid dienone is 1. The highest BCUT2D eigenvalue weighted by molar-refractivity contribution is 5.64. The fourth-order valence-electron chi connectivity index (χ4n) is 3.26. The van der Waals surface area contributed by atoms with Gasteiger partial charge in [-0.25, -0.2) is 8.78 Å². The number of benzene rings is 2. The van der Waals surface area contributed by atoms with E-state index < -0.39 is 36.1 Å². The summed E-state index contributed by atoms with van der Waals surface area (Å²) >= 11 is 0. The molecule has 29 heavy (non-hydrogen) atoms. The molecule has 0 aromatic heterocycles. The first kappa shape index (κ1) is 21.5. The van der Waals surface area contributed by atoms with Gasteiger partial charge in [-0.15, -0.1) is 0 Å². The summed E-state index contributed by atoms with van der Waals surface area (Å²) < 4.78 is 74.9. The summed E-state index contributed by atoms with van der Waals surface area (Å²) in [6, 6.07) is 12.7. The molecule has 0 amide bonds. The van der Waals surface area contributed by atoms with Crippen LogP contribution in [0.3, 0.4) is 0 Å². The maximum atomic E-state index is 14.7. The molecular formula is C22H21F5O2. The third-order valence-electron chi connectivity index (χ3n) is 4.69. The second-order valence-corrected chi connectivity index (χ2v) is 6.95. The fourth-order valence-corrected chi connectivity index (χ4v) is 3.26. The Morgan fingerprint density at radius 2 is 1.66 bits per heavy atom. The van der Waals surface area contributed by atoms with Gasteiger partial charge in [-0.3, -0.25) is 0 Å². The predicted octanol–water partition coefficient (Wildman–Crippen LogP) is 6.32. The van der Waals surface area contributed by atoms with Gasteiger partial charge < -0.3 is 9.47 Å². The SMILES string of the molecule is CCCc1ccc(-c2ccc(C3COC(C(F)=CC(F)(F)F)OC3)c(F)c2)cc1. The number of hydrogen-bond donors (Lipinski definition) is 0. The molecule has 0 bridgehead atoms. The molecule has 0 atom stereocenters. The van der Waals surface area contributed by atoms with Gasteiger partial charge in [-0.1, -0.05) is 49.7 Å². The molecule has 1 heterocycles. The minimum Gasteiger partial charge on any atom is -0.346 e. The third kappa shape index (κ3) is 5.64. The van der Waals surface area contributed by atoms with Crippen LogP contribution in [0.15, 0.2) is 54.4 Å². The van der Waals surface area contributed by atoms with Crippen LogP contribution < -0.4 is 0 Å². The number of alkyl halides is 3. The Morgan fingerprint density at radius 1 is 1.03 bits per heavy atom. The van der Waals surface area contributed by atoms with E-state index in [0.29, 0.717) is 11.1 Å². The minimum absolute atomic E-state index is 0.147. The highest BCUT2D eigenvalue weighted by Gasteiger charge is 2.32. The lowest BCUT2D eigenvalue weighted by molar-refractivity contribution is -0.177. The van der Waals surface area contributed by atoms with Gasteiger partial charge in [0.2, 0.25) is 6.29 Å². The molecule has 2 aromatic rings. The quantitative estimate of drug-likeness (QED) is 0.535. The van der Waals surface area contributed by atoms with Crippen molar-refractivity contribution in [3.63, 3.8) is 0 Å². The summed E-state index contributed by atoms with van der Waals surface area (Å²) in [5, 5.41) is 0. The second-order valence-electron chi connectivity index (χ2n) is 6.95. The number of halogens is 5. The summed E-state index contributed by atoms with van der Waals surface area (Å²) in [5.41, 5.74) is 3.12. The van der Waals surface area contributed by atoms with Crippen molar-refractivity contribution < 1.29 is 31.4 Å². The number of ether oxygens (including phenoxy) is 2. The van der Waals surface area contributed by atoms with E-state index in [4.69, 9.17) is 9.47 Å². The Bertz CT molecular complexity index is 850. The van der Waals surface area contributed by atoms with E-state index in [0.717, 1.165) is 18.4 Å². The molecule has 2 nitrogen and oxygen atoms in total. The molecular weight excluding hydrogens is 391 g/mol. The molecule has 0 aliphatic carbocycles. The maximum absolute atomic E-state index is 14.7. The van der Waals surface area contributed by atoms with Crippen molar-refractivity contribution in [1.82, 2.24) is 0 Å². The summed E-state index contributed by atoms with van der Waals surface area (Å²) in [7, 11) is 0. The average molecular weight is 412 g/mol. The topological polar surface area (TPSA) is 18.5 Å². The Balaban J connectivity index is 1.68. The van der Waals surface area contributed by atoms with Gasteiger partial charge in [0.1, 0.15) is 5.82 Å². The first-order valence-electron chi connectivity index (χ1n) is 9.33. The van der Waals surface area contributed by atoms with E-state index in [1.54, 1.807) is 12.1 Å². The van der Waals surface area contributed by atoms with Crippen LogP contribution in [0.4, 0.5) is 22.0 Å². The predicted molar refractivity (Wildman–Crippen MR) is 99.5 cm³/mol. The molecule has 2 aromatic carbocycles. The number of aryl methyl sites for hydroxylation is 1. The van der Waals surface area contributed by atoms with Crippen molar-refractivity contribution in [2.24, 2.45) is 0 Å². The molecule has 0 radical (unpaired) electrons. The Kier molecular flexibility index (Phi) is 6.70. The molecule has 0 spiro atoms. The highest BCUT2D eigenvalue weighted by Crippen LogP contribution is 2.31. The van der Waals surface area contributed by atoms with E-state index >= 15 is 0 Å². The van der Waals surface area contributed by atoms with Crippen LogP contribution in [-0.4, -0.2) is 25.7 Å². The van der Waals surface area contributed by atoms with E-state index in [-0.39, 0.29) is 13.2 Å². The smallest absolute Gasteiger partial charge is 0.346 e. The van der Waals surface area contributed by atoms with Crippen LogP contribution in [0.25, 0.3) is 11.1 Å². The fraction of sp³-hybridized carbons (Fsp3) is 0.364. The van der Waals surface area contributed by atoms with Crippen molar-refractivity contribution in [3.05, 3.63) is 71.3 Å². The third-order valence-corrected chi connectivity index (χ3v) is 4.69. The summed E-state index contributed by atoms with van der Waals surface area (Å²) in [4.78, 5) is 0. The molecule has 1 fully saturated rings. The molecule has 0 saturated carbocycles. The number of rotatable bonds is 5. The maximum Gasteiger partial charge on any atom is 0.412 e. The molecule has 1 saturated heterocycles. The molecule has 0 N–H and O–H groups in total. The van der Waals surface area contributed by atoms with Crippen molar-refractivity contribution in [2.75, 3.05) is 13.2 Å². The first-order valence-corrected chi connectivity index (χ1v) is 9.33. The van der Waals surface area contributed by atoms with Crippen molar-refractivity contribution in [2.45, 2.75) is 38.1 Å². The molecule has 1 aliphatic heterocycles. The van der Waals surface area contributed by atoms with Crippen molar-refractivity contribution in [1.29, 1.82) is 0 Å². The lowest BCUT2D eigenvalue weighted by Gasteiger charge is -2.29. The van der Waals surface area contributed by atoms with Gasteiger partial charge in [0.25, 0.3) is 0 Å². The van der Waals surface area contributed by atoms with Crippen LogP contribution in [0, 0.1) is 5.82 Å². The largest absolute Gasteiger partial charge is 0.412 e. The first-order chi connectivity index (χ1) is 13.8. The van der Waals surface area contributed by atoms with Crippen LogP contribution in [-0.2, 0) is 15.9 Å². The van der Waals surface area contributed by atoms with E-state index in [9.17, 15) is 22.0 Å². The van der Waals surface area contributed by atoms with E-state index in [1.165, 1.54) is 11.6 Å². The summed E-state index contributed by atoms with van der Waals surface area (Å²) in [6.45, 7) is 1.81. The van der Waals surface area contributed by atoms with Crippen molar-refractivity contribution >= 4 is 0 Å². The zero-order chi connectivity index (χ0) is 21.0. The van der Waals surface area contributed by atoms with Crippen LogP contribution in [0.2, 0.25) is 0 Å². The van der Waals surface area contributed by atoms with E-state index in [2.05, 4.69) is 6.92 Å². The van der Waals surface area contributed by atoms with Gasteiger partial charge in [-0.05, 0) is 34.7 Å². The van der Waals surface area contributed by atoms with Crippen LogP contribution in [0.1, 0.15) is 30.4 Å². The van der Waals surface area contributed by atoms with Gasteiger partial charge in [0, 0.05) is 5.92 Å². The molecule has 1 aliphatic rings. The Morgan fingerprint density at radius 3 is 2.21 bits per heavy atom. The van der Waals surface area contributed by atoms with Gasteiger partial charge in [0.15, 0.2) is 5.83 Å². The lowest BCUT2D eigenvalue weighted by Crippen LogP contribution is -2.32. The average Bonchev–Trinajstić information content (AvgIpc) is 2.68. The molecule has 3 rings (SSSR count). The minimum atomic E-state index is -4.80. The van der Waals surface area contributed by atoms with E-state index in [1.807, 2.05) is 24.3 Å². The molecule has 0 unspecified atom stereocenters. The van der Waals surface area contributed by atoms with Gasteiger partial charge in [0.05, 0.1) is 19.3 Å². The zero-order valence-electron chi connectivity index (χ0n) is 15.8. The highest BCUT2D eigenvalue weighted by atomic mass is 19.4. The Hall–Kier alpha value is -2.25. The standard InChI is InChI=1S/C22H21F5O2/c1-2-3-14-4-6-15(7-5-14)16-8-9-18(19(23)10-16)17-12-28-21(29-13-17)20(24)11-22(25,26)27/h4-11,17,21H,2-3,12-13H2,1H3.